The normalized spacial score (nSPS) is 24.5. The topological polar surface area (TPSA) is 83.1 Å². The van der Waals surface area contributed by atoms with Crippen molar-refractivity contribution in [2.45, 2.75) is 44.0 Å². The molecule has 1 amide bonds. The number of carbonyl (C=O) groups excluding carboxylic acids is 1. The predicted octanol–water partition coefficient (Wildman–Crippen LogP) is 3.03. The lowest BCUT2D eigenvalue weighted by molar-refractivity contribution is -0.212. The highest BCUT2D eigenvalue weighted by Gasteiger charge is 2.48. The molecule has 2 fully saturated rings. The van der Waals surface area contributed by atoms with Crippen LogP contribution >= 0.6 is 11.6 Å². The summed E-state index contributed by atoms with van der Waals surface area (Å²) in [6.45, 7) is 3.10. The van der Waals surface area contributed by atoms with E-state index in [2.05, 4.69) is 0 Å². The van der Waals surface area contributed by atoms with E-state index in [0.29, 0.717) is 61.1 Å². The van der Waals surface area contributed by atoms with Crippen molar-refractivity contribution >= 4 is 17.5 Å². The van der Waals surface area contributed by atoms with Crippen molar-refractivity contribution in [2.24, 2.45) is 0 Å². The zero-order valence-electron chi connectivity index (χ0n) is 15.7. The molecule has 0 saturated carbocycles. The van der Waals surface area contributed by atoms with Crippen LogP contribution in [-0.4, -0.2) is 58.5 Å². The Morgan fingerprint density at radius 2 is 1.96 bits per heavy atom. The molecule has 2 saturated heterocycles. The average Bonchev–Trinajstić information content (AvgIpc) is 3.08. The molecule has 1 aromatic heterocycles. The van der Waals surface area contributed by atoms with Crippen LogP contribution in [-0.2, 0) is 4.74 Å². The van der Waals surface area contributed by atoms with Gasteiger partial charge in [0.2, 0.25) is 0 Å². The fourth-order valence-electron chi connectivity index (χ4n) is 4.16. The number of furan rings is 1. The third-order valence-corrected chi connectivity index (χ3v) is 6.22. The number of benzene rings is 1. The van der Waals surface area contributed by atoms with Gasteiger partial charge in [0, 0.05) is 18.7 Å². The molecule has 1 spiro atoms. The summed E-state index contributed by atoms with van der Waals surface area (Å²) in [7, 11) is 0. The highest BCUT2D eigenvalue weighted by molar-refractivity contribution is 6.33. The lowest BCUT2D eigenvalue weighted by Gasteiger charge is -2.48. The number of piperidine rings is 1. The lowest BCUT2D eigenvalue weighted by atomic mass is 9.80. The predicted molar refractivity (Wildman–Crippen MR) is 104 cm³/mol. The number of nitrogens with zero attached hydrogens (tertiary/aromatic N) is 1. The van der Waals surface area contributed by atoms with E-state index >= 15 is 0 Å². The molecule has 1 aromatic carbocycles. The van der Waals surface area contributed by atoms with E-state index in [9.17, 15) is 15.0 Å². The van der Waals surface area contributed by atoms with Gasteiger partial charge in [-0.3, -0.25) is 4.79 Å². The number of likely N-dealkylation sites (tertiary alicyclic amines) is 1. The second-order valence-electron chi connectivity index (χ2n) is 7.57. The highest BCUT2D eigenvalue weighted by atomic mass is 35.5. The third kappa shape index (κ3) is 3.35. The lowest BCUT2D eigenvalue weighted by Crippen LogP contribution is -2.60. The van der Waals surface area contributed by atoms with Crippen molar-refractivity contribution in [3.8, 4) is 11.3 Å². The SMILES string of the molecule is Cc1oc(-c2ccccc2Cl)cc1C(=O)N1CCC2(CC1)OCC[C@H](O)[C@@H]2O. The minimum atomic E-state index is -0.916. The van der Waals surface area contributed by atoms with Crippen molar-refractivity contribution < 1.29 is 24.2 Å². The molecule has 3 heterocycles. The van der Waals surface area contributed by atoms with Crippen LogP contribution in [0.15, 0.2) is 34.7 Å². The van der Waals surface area contributed by atoms with Gasteiger partial charge in [-0.2, -0.15) is 0 Å². The fraction of sp³-hybridized carbons (Fsp3) is 0.476. The van der Waals surface area contributed by atoms with Crippen molar-refractivity contribution in [2.75, 3.05) is 19.7 Å². The van der Waals surface area contributed by atoms with Gasteiger partial charge in [0.05, 0.1) is 28.9 Å². The van der Waals surface area contributed by atoms with E-state index in [1.54, 1.807) is 24.0 Å². The number of ether oxygens (including phenoxy) is 1. The van der Waals surface area contributed by atoms with E-state index in [0.717, 1.165) is 5.56 Å². The van der Waals surface area contributed by atoms with E-state index in [1.165, 1.54) is 0 Å². The first-order valence-electron chi connectivity index (χ1n) is 9.56. The molecule has 2 aromatic rings. The number of halogens is 1. The maximum absolute atomic E-state index is 13.0. The van der Waals surface area contributed by atoms with Crippen LogP contribution in [0.1, 0.15) is 35.4 Å². The zero-order chi connectivity index (χ0) is 19.9. The molecule has 2 aliphatic rings. The smallest absolute Gasteiger partial charge is 0.257 e. The number of amides is 1. The maximum atomic E-state index is 13.0. The Balaban J connectivity index is 1.50. The standard InChI is InChI=1S/C21H24ClNO5/c1-13-15(12-18(28-13)14-4-2-3-5-16(14)22)20(26)23-9-7-21(8-10-23)19(25)17(24)6-11-27-21/h2-5,12,17,19,24-25H,6-11H2,1H3/t17-,19-/m0/s1. The Hall–Kier alpha value is -1.86. The molecule has 0 bridgehead atoms. The molecule has 4 rings (SSSR count). The van der Waals surface area contributed by atoms with Gasteiger partial charge in [0.25, 0.3) is 5.91 Å². The maximum Gasteiger partial charge on any atom is 0.257 e. The first-order valence-corrected chi connectivity index (χ1v) is 9.94. The van der Waals surface area contributed by atoms with Gasteiger partial charge in [0.15, 0.2) is 0 Å². The third-order valence-electron chi connectivity index (χ3n) is 5.89. The first-order chi connectivity index (χ1) is 13.4. The molecule has 0 radical (unpaired) electrons. The Labute approximate surface area is 168 Å². The quantitative estimate of drug-likeness (QED) is 0.802. The van der Waals surface area contributed by atoms with Gasteiger partial charge in [-0.1, -0.05) is 23.7 Å². The summed E-state index contributed by atoms with van der Waals surface area (Å²) in [4.78, 5) is 14.8. The Morgan fingerprint density at radius 1 is 1.25 bits per heavy atom. The number of aliphatic hydroxyl groups is 2. The van der Waals surface area contributed by atoms with Crippen molar-refractivity contribution in [3.05, 3.63) is 46.7 Å². The van der Waals surface area contributed by atoms with Gasteiger partial charge < -0.3 is 24.3 Å². The van der Waals surface area contributed by atoms with E-state index in [1.807, 2.05) is 18.2 Å². The molecule has 2 aliphatic heterocycles. The Bertz CT molecular complexity index is 871. The van der Waals surface area contributed by atoms with Gasteiger partial charge in [-0.25, -0.2) is 0 Å². The number of hydrogen-bond acceptors (Lipinski definition) is 5. The highest BCUT2D eigenvalue weighted by Crippen LogP contribution is 2.37. The molecule has 7 heteroatoms. The number of aryl methyl sites for hydroxylation is 1. The fourth-order valence-corrected chi connectivity index (χ4v) is 4.39. The van der Waals surface area contributed by atoms with Crippen LogP contribution in [0.4, 0.5) is 0 Å². The molecule has 6 nitrogen and oxygen atoms in total. The molecule has 28 heavy (non-hydrogen) atoms. The molecule has 150 valence electrons. The van der Waals surface area contributed by atoms with E-state index in [4.69, 9.17) is 20.8 Å². The minimum absolute atomic E-state index is 0.111. The van der Waals surface area contributed by atoms with Gasteiger partial charge >= 0.3 is 0 Å². The summed E-state index contributed by atoms with van der Waals surface area (Å²) in [5.41, 5.74) is 0.496. The van der Waals surface area contributed by atoms with Gasteiger partial charge in [0.1, 0.15) is 17.6 Å². The van der Waals surface area contributed by atoms with Crippen molar-refractivity contribution in [1.82, 2.24) is 4.90 Å². The summed E-state index contributed by atoms with van der Waals surface area (Å²) in [6, 6.07) is 9.08. The van der Waals surface area contributed by atoms with Crippen molar-refractivity contribution in [1.29, 1.82) is 0 Å². The Kier molecular flexibility index (Phi) is 5.22. The second-order valence-corrected chi connectivity index (χ2v) is 7.97. The van der Waals surface area contributed by atoms with Crippen LogP contribution in [0.2, 0.25) is 5.02 Å². The van der Waals surface area contributed by atoms with Crippen LogP contribution in [0.25, 0.3) is 11.3 Å². The monoisotopic (exact) mass is 405 g/mol. The molecular formula is C21H24ClNO5. The summed E-state index contributed by atoms with van der Waals surface area (Å²) in [6.07, 6.45) is -0.271. The largest absolute Gasteiger partial charge is 0.460 e. The number of aliphatic hydroxyl groups excluding tert-OH is 2. The summed E-state index contributed by atoms with van der Waals surface area (Å²) < 4.78 is 11.6. The molecular weight excluding hydrogens is 382 g/mol. The van der Waals surface area contributed by atoms with Crippen molar-refractivity contribution in [3.63, 3.8) is 0 Å². The van der Waals surface area contributed by atoms with E-state index in [-0.39, 0.29) is 5.91 Å². The minimum Gasteiger partial charge on any atom is -0.460 e. The van der Waals surface area contributed by atoms with Crippen LogP contribution in [0, 0.1) is 6.92 Å². The molecule has 0 aliphatic carbocycles. The number of carbonyl (C=O) groups is 1. The van der Waals surface area contributed by atoms with Gasteiger partial charge in [-0.15, -0.1) is 0 Å². The van der Waals surface area contributed by atoms with Crippen LogP contribution in [0.5, 0.6) is 0 Å². The summed E-state index contributed by atoms with van der Waals surface area (Å²) in [5, 5.41) is 20.9. The van der Waals surface area contributed by atoms with Gasteiger partial charge in [-0.05, 0) is 44.4 Å². The van der Waals surface area contributed by atoms with Crippen LogP contribution in [0.3, 0.4) is 0 Å². The zero-order valence-corrected chi connectivity index (χ0v) is 16.5. The van der Waals surface area contributed by atoms with Crippen LogP contribution < -0.4 is 0 Å². The summed E-state index contributed by atoms with van der Waals surface area (Å²) >= 11 is 6.24. The Morgan fingerprint density at radius 3 is 2.68 bits per heavy atom. The first kappa shape index (κ1) is 19.5. The number of rotatable bonds is 2. The molecule has 2 N–H and O–H groups in total. The number of hydrogen-bond donors (Lipinski definition) is 2. The second kappa shape index (κ2) is 7.52. The van der Waals surface area contributed by atoms with E-state index < -0.39 is 17.8 Å². The summed E-state index contributed by atoms with van der Waals surface area (Å²) in [5.74, 6) is 0.999. The average molecular weight is 406 g/mol. The molecule has 0 unspecified atom stereocenters. The molecule has 2 atom stereocenters.